The molecular formula is C10H17N3O. The molecule has 1 saturated carbocycles. The van der Waals surface area contributed by atoms with Gasteiger partial charge in [0.15, 0.2) is 5.82 Å². The molecule has 4 nitrogen and oxygen atoms in total. The molecule has 1 aliphatic carbocycles. The summed E-state index contributed by atoms with van der Waals surface area (Å²) in [7, 11) is 0. The van der Waals surface area contributed by atoms with Crippen molar-refractivity contribution >= 4 is 0 Å². The van der Waals surface area contributed by atoms with Crippen LogP contribution in [0.2, 0.25) is 0 Å². The summed E-state index contributed by atoms with van der Waals surface area (Å²) < 4.78 is 5.13. The Morgan fingerprint density at radius 2 is 2.21 bits per heavy atom. The van der Waals surface area contributed by atoms with Crippen molar-refractivity contribution < 1.29 is 4.52 Å². The molecule has 1 aromatic rings. The zero-order valence-electron chi connectivity index (χ0n) is 8.73. The third-order valence-corrected chi connectivity index (χ3v) is 2.64. The third kappa shape index (κ3) is 2.12. The molecule has 4 heteroatoms. The molecule has 0 radical (unpaired) electrons. The molecule has 0 bridgehead atoms. The maximum Gasteiger partial charge on any atom is 0.228 e. The van der Waals surface area contributed by atoms with E-state index in [1.54, 1.807) is 0 Å². The Balaban J connectivity index is 1.95. The smallest absolute Gasteiger partial charge is 0.228 e. The highest BCUT2D eigenvalue weighted by Gasteiger charge is 2.29. The SMILES string of the molecule is CC(C)c1noc(CC(N)C2CC2)n1. The minimum Gasteiger partial charge on any atom is -0.339 e. The van der Waals surface area contributed by atoms with E-state index in [0.29, 0.717) is 17.7 Å². The average molecular weight is 195 g/mol. The lowest BCUT2D eigenvalue weighted by molar-refractivity contribution is 0.358. The Bertz CT molecular complexity index is 304. The number of hydrogen-bond donors (Lipinski definition) is 1. The number of rotatable bonds is 4. The maximum absolute atomic E-state index is 5.97. The fourth-order valence-corrected chi connectivity index (χ4v) is 1.48. The number of nitrogens with two attached hydrogens (primary N) is 1. The second-order valence-corrected chi connectivity index (χ2v) is 4.41. The molecule has 1 fully saturated rings. The van der Waals surface area contributed by atoms with Gasteiger partial charge in [0.2, 0.25) is 5.89 Å². The van der Waals surface area contributed by atoms with Crippen molar-refractivity contribution in [3.05, 3.63) is 11.7 Å². The molecule has 14 heavy (non-hydrogen) atoms. The van der Waals surface area contributed by atoms with Gasteiger partial charge in [-0.3, -0.25) is 0 Å². The number of aromatic nitrogens is 2. The van der Waals surface area contributed by atoms with Gasteiger partial charge in [-0.25, -0.2) is 0 Å². The zero-order chi connectivity index (χ0) is 10.1. The van der Waals surface area contributed by atoms with Gasteiger partial charge in [0, 0.05) is 18.4 Å². The van der Waals surface area contributed by atoms with Crippen molar-refractivity contribution in [3.63, 3.8) is 0 Å². The van der Waals surface area contributed by atoms with E-state index in [2.05, 4.69) is 24.0 Å². The van der Waals surface area contributed by atoms with E-state index in [1.165, 1.54) is 12.8 Å². The summed E-state index contributed by atoms with van der Waals surface area (Å²) >= 11 is 0. The zero-order valence-corrected chi connectivity index (χ0v) is 8.73. The molecule has 2 rings (SSSR count). The van der Waals surface area contributed by atoms with Gasteiger partial charge in [0.05, 0.1) is 0 Å². The molecule has 78 valence electrons. The van der Waals surface area contributed by atoms with E-state index in [0.717, 1.165) is 12.2 Å². The first-order valence-electron chi connectivity index (χ1n) is 5.25. The van der Waals surface area contributed by atoms with Crippen molar-refractivity contribution in [2.75, 3.05) is 0 Å². The normalized spacial score (nSPS) is 18.9. The van der Waals surface area contributed by atoms with Gasteiger partial charge < -0.3 is 10.3 Å². The van der Waals surface area contributed by atoms with Crippen molar-refractivity contribution in [3.8, 4) is 0 Å². The first kappa shape index (κ1) is 9.65. The molecule has 0 spiro atoms. The van der Waals surface area contributed by atoms with Crippen LogP contribution < -0.4 is 5.73 Å². The molecule has 1 aliphatic rings. The van der Waals surface area contributed by atoms with Crippen molar-refractivity contribution in [1.82, 2.24) is 10.1 Å². The molecule has 0 aliphatic heterocycles. The van der Waals surface area contributed by atoms with Crippen molar-refractivity contribution in [1.29, 1.82) is 0 Å². The summed E-state index contributed by atoms with van der Waals surface area (Å²) in [4.78, 5) is 4.30. The van der Waals surface area contributed by atoms with Crippen molar-refractivity contribution in [2.24, 2.45) is 11.7 Å². The van der Waals surface area contributed by atoms with Crippen LogP contribution in [0.3, 0.4) is 0 Å². The summed E-state index contributed by atoms with van der Waals surface area (Å²) in [6.45, 7) is 4.10. The van der Waals surface area contributed by atoms with E-state index >= 15 is 0 Å². The van der Waals surface area contributed by atoms with E-state index < -0.39 is 0 Å². The molecular weight excluding hydrogens is 178 g/mol. The monoisotopic (exact) mass is 195 g/mol. The van der Waals surface area contributed by atoms with Gasteiger partial charge in [-0.15, -0.1) is 0 Å². The summed E-state index contributed by atoms with van der Waals surface area (Å²) in [5.41, 5.74) is 5.97. The largest absolute Gasteiger partial charge is 0.339 e. The van der Waals surface area contributed by atoms with Crippen molar-refractivity contribution in [2.45, 2.75) is 45.1 Å². The third-order valence-electron chi connectivity index (χ3n) is 2.64. The maximum atomic E-state index is 5.97. The van der Waals surface area contributed by atoms with Gasteiger partial charge in [0.25, 0.3) is 0 Å². The molecule has 2 N–H and O–H groups in total. The second kappa shape index (κ2) is 3.69. The highest BCUT2D eigenvalue weighted by atomic mass is 16.5. The molecule has 1 aromatic heterocycles. The van der Waals surface area contributed by atoms with Gasteiger partial charge in [0.1, 0.15) is 0 Å². The standard InChI is InChI=1S/C10H17N3O/c1-6(2)10-12-9(14-13-10)5-8(11)7-3-4-7/h6-8H,3-5,11H2,1-2H3. The predicted octanol–water partition coefficient (Wildman–Crippen LogP) is 1.47. The Morgan fingerprint density at radius 1 is 1.50 bits per heavy atom. The number of nitrogens with zero attached hydrogens (tertiary/aromatic N) is 2. The fourth-order valence-electron chi connectivity index (χ4n) is 1.48. The first-order valence-corrected chi connectivity index (χ1v) is 5.25. The van der Waals surface area contributed by atoms with Crippen LogP contribution in [0.4, 0.5) is 0 Å². The Kier molecular flexibility index (Phi) is 2.54. The van der Waals surface area contributed by atoms with Crippen LogP contribution in [0, 0.1) is 5.92 Å². The minimum absolute atomic E-state index is 0.204. The van der Waals surface area contributed by atoms with E-state index in [1.807, 2.05) is 0 Å². The van der Waals surface area contributed by atoms with Crippen LogP contribution in [-0.4, -0.2) is 16.2 Å². The predicted molar refractivity (Wildman–Crippen MR) is 52.8 cm³/mol. The summed E-state index contributed by atoms with van der Waals surface area (Å²) in [5.74, 6) is 2.48. The summed E-state index contributed by atoms with van der Waals surface area (Å²) in [6.07, 6.45) is 3.24. The molecule has 0 aromatic carbocycles. The van der Waals surface area contributed by atoms with Crippen LogP contribution in [0.15, 0.2) is 4.52 Å². The van der Waals surface area contributed by atoms with E-state index in [-0.39, 0.29) is 6.04 Å². The van der Waals surface area contributed by atoms with E-state index in [4.69, 9.17) is 10.3 Å². The molecule has 1 unspecified atom stereocenters. The highest BCUT2D eigenvalue weighted by Crippen LogP contribution is 2.32. The van der Waals surface area contributed by atoms with Crippen LogP contribution in [-0.2, 0) is 6.42 Å². The van der Waals surface area contributed by atoms with Gasteiger partial charge in [-0.1, -0.05) is 19.0 Å². The van der Waals surface area contributed by atoms with E-state index in [9.17, 15) is 0 Å². The Hall–Kier alpha value is -0.900. The molecule has 1 heterocycles. The highest BCUT2D eigenvalue weighted by molar-refractivity contribution is 4.96. The lowest BCUT2D eigenvalue weighted by Gasteiger charge is -2.04. The minimum atomic E-state index is 0.204. The summed E-state index contributed by atoms with van der Waals surface area (Å²) in [6, 6.07) is 0.204. The Morgan fingerprint density at radius 3 is 2.71 bits per heavy atom. The number of hydrogen-bond acceptors (Lipinski definition) is 4. The molecule has 1 atom stereocenters. The lowest BCUT2D eigenvalue weighted by atomic mass is 10.1. The van der Waals surface area contributed by atoms with Crippen LogP contribution >= 0.6 is 0 Å². The quantitative estimate of drug-likeness (QED) is 0.790. The van der Waals surface area contributed by atoms with Gasteiger partial charge in [-0.05, 0) is 18.8 Å². The Labute approximate surface area is 83.9 Å². The van der Waals surface area contributed by atoms with Gasteiger partial charge >= 0.3 is 0 Å². The fraction of sp³-hybridized carbons (Fsp3) is 0.800. The average Bonchev–Trinajstić information content (AvgIpc) is 2.87. The van der Waals surface area contributed by atoms with Crippen LogP contribution in [0.5, 0.6) is 0 Å². The van der Waals surface area contributed by atoms with Crippen LogP contribution in [0.1, 0.15) is 44.3 Å². The summed E-state index contributed by atoms with van der Waals surface area (Å²) in [5, 5.41) is 3.91. The van der Waals surface area contributed by atoms with Crippen LogP contribution in [0.25, 0.3) is 0 Å². The lowest BCUT2D eigenvalue weighted by Crippen LogP contribution is -2.25. The van der Waals surface area contributed by atoms with Gasteiger partial charge in [-0.2, -0.15) is 4.98 Å². The molecule has 0 amide bonds. The second-order valence-electron chi connectivity index (χ2n) is 4.41. The molecule has 0 saturated heterocycles. The first-order chi connectivity index (χ1) is 6.66. The topological polar surface area (TPSA) is 64.9 Å².